The molecule has 0 saturated carbocycles. The number of nitrogens with one attached hydrogen (secondary N) is 1. The fraction of sp³-hybridized carbons (Fsp3) is 0.850. The van der Waals surface area contributed by atoms with Gasteiger partial charge in [0.25, 0.3) is 0 Å². The molecule has 152 valence electrons. The van der Waals surface area contributed by atoms with E-state index in [1.165, 1.54) is 0 Å². The molecular weight excluding hydrogens is 344 g/mol. The van der Waals surface area contributed by atoms with Gasteiger partial charge in [0.15, 0.2) is 0 Å². The number of hydrogen-bond acceptors (Lipinski definition) is 4. The molecule has 3 rings (SSSR count). The molecule has 3 heterocycles. The molecule has 0 bridgehead atoms. The van der Waals surface area contributed by atoms with E-state index in [2.05, 4.69) is 26.1 Å². The largest absolute Gasteiger partial charge is 0.339 e. The highest BCUT2D eigenvalue weighted by molar-refractivity contribution is 5.88. The van der Waals surface area contributed by atoms with Crippen LogP contribution in [0, 0.1) is 5.41 Å². The summed E-state index contributed by atoms with van der Waals surface area (Å²) >= 11 is 0. The number of nitrogens with zero attached hydrogens (tertiary/aromatic N) is 3. The highest BCUT2D eigenvalue weighted by Gasteiger charge is 2.39. The zero-order valence-corrected chi connectivity index (χ0v) is 17.0. The van der Waals surface area contributed by atoms with Gasteiger partial charge in [0, 0.05) is 45.2 Å². The van der Waals surface area contributed by atoms with Crippen LogP contribution >= 0.6 is 0 Å². The minimum absolute atomic E-state index is 0.0713. The summed E-state index contributed by atoms with van der Waals surface area (Å²) in [6, 6.07) is -0.213. The van der Waals surface area contributed by atoms with E-state index in [1.54, 1.807) is 4.90 Å². The molecule has 3 saturated heterocycles. The van der Waals surface area contributed by atoms with Crippen LogP contribution in [0.1, 0.15) is 52.9 Å². The van der Waals surface area contributed by atoms with Gasteiger partial charge in [0.2, 0.25) is 17.7 Å². The molecule has 3 aliphatic rings. The zero-order chi connectivity index (χ0) is 19.6. The monoisotopic (exact) mass is 378 g/mol. The van der Waals surface area contributed by atoms with Crippen LogP contribution in [0.5, 0.6) is 0 Å². The summed E-state index contributed by atoms with van der Waals surface area (Å²) < 4.78 is 0. The Hall–Kier alpha value is -1.63. The summed E-state index contributed by atoms with van der Waals surface area (Å²) in [6.45, 7) is 10.1. The molecule has 27 heavy (non-hydrogen) atoms. The van der Waals surface area contributed by atoms with Gasteiger partial charge in [-0.3, -0.25) is 14.4 Å². The van der Waals surface area contributed by atoms with Crippen LogP contribution in [-0.2, 0) is 14.4 Å². The molecule has 2 unspecified atom stereocenters. The van der Waals surface area contributed by atoms with E-state index in [1.807, 2.05) is 9.80 Å². The van der Waals surface area contributed by atoms with Crippen molar-refractivity contribution >= 4 is 17.7 Å². The molecule has 7 nitrogen and oxygen atoms in total. The fourth-order valence-corrected chi connectivity index (χ4v) is 4.50. The van der Waals surface area contributed by atoms with Crippen LogP contribution in [0.25, 0.3) is 0 Å². The molecule has 0 radical (unpaired) electrons. The van der Waals surface area contributed by atoms with E-state index in [4.69, 9.17) is 0 Å². The van der Waals surface area contributed by atoms with E-state index in [-0.39, 0.29) is 35.2 Å². The molecule has 2 atom stereocenters. The normalized spacial score (nSPS) is 27.2. The lowest BCUT2D eigenvalue weighted by molar-refractivity contribution is -0.147. The van der Waals surface area contributed by atoms with Gasteiger partial charge in [-0.2, -0.15) is 0 Å². The molecule has 1 N–H and O–H groups in total. The van der Waals surface area contributed by atoms with Crippen molar-refractivity contribution < 1.29 is 14.4 Å². The SMILES string of the molecule is CC(C)(C)CC(=O)N1CCCC1C(=O)N1CCCC(N2CCNCC2=O)C1. The third kappa shape index (κ3) is 4.81. The first kappa shape index (κ1) is 20.1. The van der Waals surface area contributed by atoms with Crippen molar-refractivity contribution in [2.24, 2.45) is 5.41 Å². The average molecular weight is 379 g/mol. The Morgan fingerprint density at radius 1 is 1.11 bits per heavy atom. The maximum Gasteiger partial charge on any atom is 0.245 e. The van der Waals surface area contributed by atoms with Crippen molar-refractivity contribution in [3.8, 4) is 0 Å². The second kappa shape index (κ2) is 8.17. The van der Waals surface area contributed by atoms with Gasteiger partial charge < -0.3 is 20.0 Å². The third-order valence-electron chi connectivity index (χ3n) is 5.81. The van der Waals surface area contributed by atoms with Crippen molar-refractivity contribution in [2.45, 2.75) is 65.0 Å². The molecule has 0 aliphatic carbocycles. The Kier molecular flexibility index (Phi) is 6.08. The highest BCUT2D eigenvalue weighted by atomic mass is 16.2. The fourth-order valence-electron chi connectivity index (χ4n) is 4.50. The van der Waals surface area contributed by atoms with Gasteiger partial charge in [0.1, 0.15) is 6.04 Å². The topological polar surface area (TPSA) is 73.0 Å². The molecule has 3 fully saturated rings. The second-order valence-corrected chi connectivity index (χ2v) is 9.33. The minimum atomic E-state index is -0.322. The van der Waals surface area contributed by atoms with Gasteiger partial charge in [-0.15, -0.1) is 0 Å². The van der Waals surface area contributed by atoms with Gasteiger partial charge in [0.05, 0.1) is 6.54 Å². The molecule has 3 amide bonds. The molecule has 0 aromatic rings. The van der Waals surface area contributed by atoms with Crippen LogP contribution in [-0.4, -0.2) is 83.8 Å². The van der Waals surface area contributed by atoms with Crippen LogP contribution in [0.3, 0.4) is 0 Å². The van der Waals surface area contributed by atoms with E-state index in [0.717, 1.165) is 38.8 Å². The van der Waals surface area contributed by atoms with Crippen LogP contribution in [0.2, 0.25) is 0 Å². The van der Waals surface area contributed by atoms with Gasteiger partial charge in [-0.05, 0) is 31.1 Å². The summed E-state index contributed by atoms with van der Waals surface area (Å²) in [5.74, 6) is 0.287. The van der Waals surface area contributed by atoms with Crippen LogP contribution in [0.4, 0.5) is 0 Å². The predicted molar refractivity (Wildman–Crippen MR) is 103 cm³/mol. The van der Waals surface area contributed by atoms with Crippen LogP contribution < -0.4 is 5.32 Å². The smallest absolute Gasteiger partial charge is 0.245 e. The quantitative estimate of drug-likeness (QED) is 0.790. The van der Waals surface area contributed by atoms with E-state index < -0.39 is 0 Å². The summed E-state index contributed by atoms with van der Waals surface area (Å²) in [7, 11) is 0. The molecular formula is C20H34N4O3. The number of hydrogen-bond donors (Lipinski definition) is 1. The van der Waals surface area contributed by atoms with Crippen molar-refractivity contribution in [3.05, 3.63) is 0 Å². The summed E-state index contributed by atoms with van der Waals surface area (Å²) in [4.78, 5) is 43.8. The lowest BCUT2D eigenvalue weighted by Crippen LogP contribution is -2.59. The molecule has 3 aliphatic heterocycles. The maximum absolute atomic E-state index is 13.2. The predicted octanol–water partition coefficient (Wildman–Crippen LogP) is 0.836. The van der Waals surface area contributed by atoms with E-state index in [9.17, 15) is 14.4 Å². The number of likely N-dealkylation sites (tertiary alicyclic amines) is 2. The Morgan fingerprint density at radius 3 is 2.56 bits per heavy atom. The third-order valence-corrected chi connectivity index (χ3v) is 5.81. The molecule has 7 heteroatoms. The van der Waals surface area contributed by atoms with Gasteiger partial charge >= 0.3 is 0 Å². The number of amides is 3. The highest BCUT2D eigenvalue weighted by Crippen LogP contribution is 2.27. The minimum Gasteiger partial charge on any atom is -0.339 e. The van der Waals surface area contributed by atoms with Crippen molar-refractivity contribution in [2.75, 3.05) is 39.3 Å². The Labute approximate surface area is 162 Å². The lowest BCUT2D eigenvalue weighted by Gasteiger charge is -2.42. The summed E-state index contributed by atoms with van der Waals surface area (Å²) in [5.41, 5.74) is -0.0772. The van der Waals surface area contributed by atoms with Gasteiger partial charge in [-0.25, -0.2) is 0 Å². The maximum atomic E-state index is 13.2. The Balaban J connectivity index is 1.63. The summed E-state index contributed by atoms with van der Waals surface area (Å²) in [5, 5.41) is 3.10. The first-order valence-corrected chi connectivity index (χ1v) is 10.3. The number of rotatable bonds is 3. The number of carbonyl (C=O) groups is 3. The second-order valence-electron chi connectivity index (χ2n) is 9.33. The average Bonchev–Trinajstić information content (AvgIpc) is 3.10. The van der Waals surface area contributed by atoms with E-state index >= 15 is 0 Å². The van der Waals surface area contributed by atoms with Crippen molar-refractivity contribution in [1.82, 2.24) is 20.0 Å². The lowest BCUT2D eigenvalue weighted by atomic mass is 9.91. The number of piperidine rings is 1. The Morgan fingerprint density at radius 2 is 1.85 bits per heavy atom. The molecule has 0 spiro atoms. The van der Waals surface area contributed by atoms with E-state index in [0.29, 0.717) is 32.6 Å². The van der Waals surface area contributed by atoms with Crippen molar-refractivity contribution in [3.63, 3.8) is 0 Å². The summed E-state index contributed by atoms with van der Waals surface area (Å²) in [6.07, 6.45) is 3.97. The molecule has 0 aromatic carbocycles. The van der Waals surface area contributed by atoms with Gasteiger partial charge in [-0.1, -0.05) is 20.8 Å². The first-order valence-electron chi connectivity index (χ1n) is 10.3. The molecule has 0 aromatic heterocycles. The first-order chi connectivity index (χ1) is 12.8. The van der Waals surface area contributed by atoms with Crippen molar-refractivity contribution in [1.29, 1.82) is 0 Å². The van der Waals surface area contributed by atoms with Crippen LogP contribution in [0.15, 0.2) is 0 Å². The standard InChI is InChI=1S/C20H34N4O3/c1-20(2,3)12-17(25)24-10-5-7-16(24)19(27)22-9-4-6-15(14-22)23-11-8-21-13-18(23)26/h15-16,21H,4-14H2,1-3H3. The zero-order valence-electron chi connectivity index (χ0n) is 17.0. The Bertz CT molecular complexity index is 586. The number of piperazine rings is 1. The number of carbonyl (C=O) groups excluding carboxylic acids is 3.